The minimum absolute atomic E-state index is 0.271. The monoisotopic (exact) mass is 536 g/mol. The molecule has 10 nitrogen and oxygen atoms in total. The molecule has 0 unspecified atom stereocenters. The van der Waals surface area contributed by atoms with Gasteiger partial charge in [-0.15, -0.1) is 0 Å². The standard InChI is InChI=1S/C28H48N4O6/c1-19(2)23(31(8)26(37)28(29-20(3)33)14-10-11-15-28)25(36)30(7)21(18-22(34)38-27(4,5)6)24(35)32-16-12-9-13-17-32/h19,21,23H,9-18H2,1-8H3,(H,29,33)/t21-,23-/m0/s1. The predicted octanol–water partition coefficient (Wildman–Crippen LogP) is 2.49. The molecule has 2 aliphatic rings. The van der Waals surface area contributed by atoms with Crippen LogP contribution in [0.15, 0.2) is 0 Å². The average molecular weight is 537 g/mol. The number of likely N-dealkylation sites (tertiary alicyclic amines) is 1. The zero-order valence-electron chi connectivity index (χ0n) is 24.6. The Labute approximate surface area is 227 Å². The molecule has 0 aromatic carbocycles. The van der Waals surface area contributed by atoms with Crippen molar-refractivity contribution in [3.05, 3.63) is 0 Å². The first-order valence-corrected chi connectivity index (χ1v) is 13.9. The molecule has 38 heavy (non-hydrogen) atoms. The van der Waals surface area contributed by atoms with Crippen molar-refractivity contribution in [3.63, 3.8) is 0 Å². The molecule has 0 aromatic rings. The van der Waals surface area contributed by atoms with Crippen molar-refractivity contribution in [2.75, 3.05) is 27.2 Å². The summed E-state index contributed by atoms with van der Waals surface area (Å²) < 4.78 is 5.49. The summed E-state index contributed by atoms with van der Waals surface area (Å²) >= 11 is 0. The van der Waals surface area contributed by atoms with Crippen molar-refractivity contribution in [3.8, 4) is 0 Å². The number of likely N-dealkylation sites (N-methyl/N-ethyl adjacent to an activating group) is 2. The molecule has 0 aromatic heterocycles. The Morgan fingerprint density at radius 1 is 0.921 bits per heavy atom. The number of carbonyl (C=O) groups excluding carboxylic acids is 5. The molecule has 0 radical (unpaired) electrons. The third-order valence-corrected chi connectivity index (χ3v) is 7.45. The van der Waals surface area contributed by atoms with Crippen molar-refractivity contribution in [2.24, 2.45) is 5.92 Å². The van der Waals surface area contributed by atoms with Gasteiger partial charge in [0.05, 0.1) is 6.42 Å². The van der Waals surface area contributed by atoms with E-state index in [-0.39, 0.29) is 30.1 Å². The number of nitrogens with one attached hydrogen (secondary N) is 1. The summed E-state index contributed by atoms with van der Waals surface area (Å²) in [6.45, 7) is 11.5. The second-order valence-electron chi connectivity index (χ2n) is 12.2. The lowest BCUT2D eigenvalue weighted by Gasteiger charge is -2.41. The molecule has 0 bridgehead atoms. The number of amides is 4. The Bertz CT molecular complexity index is 884. The fraction of sp³-hybridized carbons (Fsp3) is 0.821. The van der Waals surface area contributed by atoms with Gasteiger partial charge in [0, 0.05) is 34.1 Å². The van der Waals surface area contributed by atoms with Gasteiger partial charge < -0.3 is 24.8 Å². The fourth-order valence-corrected chi connectivity index (χ4v) is 5.69. The van der Waals surface area contributed by atoms with E-state index in [0.29, 0.717) is 25.9 Å². The van der Waals surface area contributed by atoms with Crippen LogP contribution in [-0.2, 0) is 28.7 Å². The fourth-order valence-electron chi connectivity index (χ4n) is 5.69. The van der Waals surface area contributed by atoms with E-state index < -0.39 is 35.1 Å². The van der Waals surface area contributed by atoms with Gasteiger partial charge in [0.1, 0.15) is 23.2 Å². The van der Waals surface area contributed by atoms with Crippen LogP contribution in [0.4, 0.5) is 0 Å². The van der Waals surface area contributed by atoms with Gasteiger partial charge in [-0.25, -0.2) is 0 Å². The summed E-state index contributed by atoms with van der Waals surface area (Å²) in [5.74, 6) is -2.14. The number of carbonyl (C=O) groups is 5. The van der Waals surface area contributed by atoms with E-state index in [4.69, 9.17) is 4.74 Å². The number of hydrogen-bond acceptors (Lipinski definition) is 6. The highest BCUT2D eigenvalue weighted by atomic mass is 16.6. The molecule has 0 spiro atoms. The van der Waals surface area contributed by atoms with E-state index in [1.165, 1.54) is 23.8 Å². The van der Waals surface area contributed by atoms with Crippen LogP contribution in [0.25, 0.3) is 0 Å². The lowest BCUT2D eigenvalue weighted by molar-refractivity contribution is -0.162. The number of ether oxygens (including phenoxy) is 1. The van der Waals surface area contributed by atoms with Gasteiger partial charge in [-0.3, -0.25) is 24.0 Å². The highest BCUT2D eigenvalue weighted by molar-refractivity contribution is 5.97. The Balaban J connectivity index is 2.35. The van der Waals surface area contributed by atoms with Crippen LogP contribution < -0.4 is 5.32 Å². The molecule has 4 amide bonds. The van der Waals surface area contributed by atoms with Crippen LogP contribution >= 0.6 is 0 Å². The van der Waals surface area contributed by atoms with Crippen molar-refractivity contribution in [2.45, 2.75) is 116 Å². The van der Waals surface area contributed by atoms with E-state index in [2.05, 4.69) is 5.32 Å². The normalized spacial score (nSPS) is 18.9. The van der Waals surface area contributed by atoms with E-state index in [0.717, 1.165) is 32.1 Å². The van der Waals surface area contributed by atoms with Gasteiger partial charge in [0.15, 0.2) is 0 Å². The molecule has 1 saturated heterocycles. The van der Waals surface area contributed by atoms with E-state index in [1.807, 2.05) is 13.8 Å². The molecule has 1 heterocycles. The summed E-state index contributed by atoms with van der Waals surface area (Å²) in [6, 6.07) is -1.93. The number of nitrogens with zero attached hydrogens (tertiary/aromatic N) is 3. The average Bonchev–Trinajstić information content (AvgIpc) is 3.29. The summed E-state index contributed by atoms with van der Waals surface area (Å²) in [6.07, 6.45) is 5.16. The molecular weight excluding hydrogens is 488 g/mol. The molecule has 2 fully saturated rings. The van der Waals surface area contributed by atoms with Gasteiger partial charge >= 0.3 is 5.97 Å². The van der Waals surface area contributed by atoms with Crippen LogP contribution in [0.1, 0.15) is 92.9 Å². The quantitative estimate of drug-likeness (QED) is 0.453. The van der Waals surface area contributed by atoms with Crippen LogP contribution in [0, 0.1) is 5.92 Å². The first-order valence-electron chi connectivity index (χ1n) is 13.9. The Hall–Kier alpha value is -2.65. The maximum absolute atomic E-state index is 14.0. The van der Waals surface area contributed by atoms with Crippen molar-refractivity contribution >= 4 is 29.6 Å². The summed E-state index contributed by atoms with van der Waals surface area (Å²) in [7, 11) is 3.10. The highest BCUT2D eigenvalue weighted by Gasteiger charge is 2.47. The third-order valence-electron chi connectivity index (χ3n) is 7.45. The summed E-state index contributed by atoms with van der Waals surface area (Å²) in [5, 5.41) is 2.85. The lowest BCUT2D eigenvalue weighted by atomic mass is 9.92. The third kappa shape index (κ3) is 7.93. The molecule has 1 aliphatic carbocycles. The molecule has 10 heteroatoms. The van der Waals surface area contributed by atoms with E-state index in [1.54, 1.807) is 32.7 Å². The SMILES string of the molecule is CC(=O)NC1(C(=O)N(C)[C@H](C(=O)N(C)[C@@H](CC(=O)OC(C)(C)C)C(=O)N2CCCCC2)C(C)C)CCCC1. The maximum Gasteiger partial charge on any atom is 0.308 e. The van der Waals surface area contributed by atoms with Gasteiger partial charge in [-0.1, -0.05) is 26.7 Å². The largest absolute Gasteiger partial charge is 0.460 e. The van der Waals surface area contributed by atoms with E-state index in [9.17, 15) is 24.0 Å². The second-order valence-corrected chi connectivity index (χ2v) is 12.2. The highest BCUT2D eigenvalue weighted by Crippen LogP contribution is 2.33. The van der Waals surface area contributed by atoms with Crippen LogP contribution in [0.3, 0.4) is 0 Å². The summed E-state index contributed by atoms with van der Waals surface area (Å²) in [4.78, 5) is 70.6. The first-order chi connectivity index (χ1) is 17.6. The molecule has 216 valence electrons. The van der Waals surface area contributed by atoms with Crippen molar-refractivity contribution in [1.82, 2.24) is 20.0 Å². The number of hydrogen-bond donors (Lipinski definition) is 1. The number of piperidine rings is 1. The first kappa shape index (κ1) is 31.6. The van der Waals surface area contributed by atoms with Crippen LogP contribution in [-0.4, -0.2) is 94.7 Å². The predicted molar refractivity (Wildman–Crippen MR) is 144 cm³/mol. The topological polar surface area (TPSA) is 116 Å². The maximum atomic E-state index is 14.0. The second kappa shape index (κ2) is 12.9. The smallest absolute Gasteiger partial charge is 0.308 e. The minimum atomic E-state index is -1.05. The number of rotatable bonds is 9. The Morgan fingerprint density at radius 3 is 1.95 bits per heavy atom. The van der Waals surface area contributed by atoms with Crippen molar-refractivity contribution in [1.29, 1.82) is 0 Å². The van der Waals surface area contributed by atoms with Crippen molar-refractivity contribution < 1.29 is 28.7 Å². The van der Waals surface area contributed by atoms with Crippen LogP contribution in [0.2, 0.25) is 0 Å². The molecule has 2 atom stereocenters. The lowest BCUT2D eigenvalue weighted by Crippen LogP contribution is -2.63. The molecule has 1 saturated carbocycles. The zero-order chi connectivity index (χ0) is 28.8. The number of esters is 1. The molecular formula is C28H48N4O6. The Kier molecular flexibility index (Phi) is 10.7. The molecule has 1 aliphatic heterocycles. The van der Waals surface area contributed by atoms with Gasteiger partial charge in [0.25, 0.3) is 0 Å². The molecule has 2 rings (SSSR count). The van der Waals surface area contributed by atoms with Gasteiger partial charge in [-0.05, 0) is 58.8 Å². The van der Waals surface area contributed by atoms with Gasteiger partial charge in [-0.2, -0.15) is 0 Å². The zero-order valence-corrected chi connectivity index (χ0v) is 24.6. The minimum Gasteiger partial charge on any atom is -0.460 e. The summed E-state index contributed by atoms with van der Waals surface area (Å²) in [5.41, 5.74) is -1.77. The molecule has 1 N–H and O–H groups in total. The Morgan fingerprint density at radius 2 is 1.47 bits per heavy atom. The van der Waals surface area contributed by atoms with Crippen LogP contribution in [0.5, 0.6) is 0 Å². The van der Waals surface area contributed by atoms with Gasteiger partial charge in [0.2, 0.25) is 23.6 Å². The van der Waals surface area contributed by atoms with E-state index >= 15 is 0 Å².